The summed E-state index contributed by atoms with van der Waals surface area (Å²) >= 11 is 0. The van der Waals surface area contributed by atoms with Crippen molar-refractivity contribution in [1.82, 2.24) is 15.1 Å². The van der Waals surface area contributed by atoms with Crippen LogP contribution in [0.25, 0.3) is 0 Å². The third kappa shape index (κ3) is 7.17. The van der Waals surface area contributed by atoms with E-state index in [4.69, 9.17) is 14.2 Å². The number of methoxy groups -OCH3 is 3. The van der Waals surface area contributed by atoms with E-state index in [1.165, 1.54) is 0 Å². The van der Waals surface area contributed by atoms with Gasteiger partial charge in [-0.1, -0.05) is 18.2 Å². The van der Waals surface area contributed by atoms with Crippen LogP contribution >= 0.6 is 24.0 Å². The fourth-order valence-corrected chi connectivity index (χ4v) is 3.40. The third-order valence-corrected chi connectivity index (χ3v) is 5.05. The zero-order valence-corrected chi connectivity index (χ0v) is 21.8. The molecule has 0 radical (unpaired) electrons. The largest absolute Gasteiger partial charge is 0.497 e. The number of nitrogens with one attached hydrogen (secondary N) is 1. The maximum absolute atomic E-state index is 5.56. The van der Waals surface area contributed by atoms with Crippen LogP contribution in [0.1, 0.15) is 17.2 Å². The van der Waals surface area contributed by atoms with E-state index in [0.717, 1.165) is 34.3 Å². The van der Waals surface area contributed by atoms with Gasteiger partial charge in [-0.05, 0) is 32.3 Å². The Morgan fingerprint density at radius 3 is 2.23 bits per heavy atom. The Bertz CT molecular complexity index is 845. The molecule has 0 heterocycles. The molecule has 0 spiro atoms. The predicted molar refractivity (Wildman–Crippen MR) is 137 cm³/mol. The Morgan fingerprint density at radius 2 is 1.65 bits per heavy atom. The summed E-state index contributed by atoms with van der Waals surface area (Å²) < 4.78 is 16.4. The van der Waals surface area contributed by atoms with Gasteiger partial charge in [0.25, 0.3) is 0 Å². The van der Waals surface area contributed by atoms with Gasteiger partial charge in [-0.3, -0.25) is 4.99 Å². The van der Waals surface area contributed by atoms with Crippen molar-refractivity contribution in [3.8, 4) is 17.2 Å². The molecule has 172 valence electrons. The van der Waals surface area contributed by atoms with Crippen LogP contribution in [0.3, 0.4) is 0 Å². The van der Waals surface area contributed by atoms with E-state index in [-0.39, 0.29) is 30.0 Å². The van der Waals surface area contributed by atoms with Crippen LogP contribution in [-0.4, -0.2) is 71.8 Å². The smallest absolute Gasteiger partial charge is 0.193 e. The Morgan fingerprint density at radius 1 is 0.968 bits per heavy atom. The van der Waals surface area contributed by atoms with Crippen LogP contribution in [0.2, 0.25) is 0 Å². The molecule has 7 nitrogen and oxygen atoms in total. The van der Waals surface area contributed by atoms with E-state index in [2.05, 4.69) is 40.3 Å². The standard InChI is InChI=1S/C23H34N4O3.HI/c1-24-23(27(4)16-17-12-13-18(28-5)14-22(17)30-7)25-15-20(26(2)3)19-10-8-9-11-21(19)29-6;/h8-14,20H,15-16H2,1-7H3,(H,24,25);1H. The molecule has 0 amide bonds. The summed E-state index contributed by atoms with van der Waals surface area (Å²) in [4.78, 5) is 8.70. The minimum atomic E-state index is 0. The number of aliphatic imine (C=N–C) groups is 1. The minimum absolute atomic E-state index is 0. The molecule has 2 aromatic carbocycles. The minimum Gasteiger partial charge on any atom is -0.497 e. The summed E-state index contributed by atoms with van der Waals surface area (Å²) in [5.41, 5.74) is 2.19. The number of ether oxygens (including phenoxy) is 3. The molecule has 1 N–H and O–H groups in total. The molecule has 0 aliphatic carbocycles. The summed E-state index contributed by atoms with van der Waals surface area (Å²) in [6.07, 6.45) is 0. The molecule has 2 rings (SSSR count). The van der Waals surface area contributed by atoms with Crippen LogP contribution in [0.4, 0.5) is 0 Å². The van der Waals surface area contributed by atoms with Crippen molar-refractivity contribution in [2.45, 2.75) is 12.6 Å². The lowest BCUT2D eigenvalue weighted by Gasteiger charge is -2.29. The van der Waals surface area contributed by atoms with E-state index in [0.29, 0.717) is 13.1 Å². The molecule has 1 unspecified atom stereocenters. The second kappa shape index (κ2) is 13.3. The summed E-state index contributed by atoms with van der Waals surface area (Å²) in [6.45, 7) is 1.33. The van der Waals surface area contributed by atoms with Gasteiger partial charge in [0.2, 0.25) is 0 Å². The molecule has 0 saturated heterocycles. The molecule has 0 aliphatic heterocycles. The highest BCUT2D eigenvalue weighted by Gasteiger charge is 2.19. The fraction of sp³-hybridized carbons (Fsp3) is 0.435. The normalized spacial score (nSPS) is 12.1. The SMILES string of the molecule is CN=C(NCC(c1ccccc1OC)N(C)C)N(C)Cc1ccc(OC)cc1OC.I. The second-order valence-corrected chi connectivity index (χ2v) is 7.18. The van der Waals surface area contributed by atoms with E-state index in [1.54, 1.807) is 28.4 Å². The molecular formula is C23H35IN4O3. The number of guanidine groups is 1. The number of para-hydroxylation sites is 1. The summed E-state index contributed by atoms with van der Waals surface area (Å²) in [7, 11) is 12.9. The molecular weight excluding hydrogens is 507 g/mol. The zero-order valence-electron chi connectivity index (χ0n) is 19.5. The van der Waals surface area contributed by atoms with Gasteiger partial charge in [-0.2, -0.15) is 0 Å². The quantitative estimate of drug-likeness (QED) is 0.297. The molecule has 0 aromatic heterocycles. The summed E-state index contributed by atoms with van der Waals surface area (Å²) in [5.74, 6) is 3.24. The first-order valence-electron chi connectivity index (χ1n) is 9.87. The van der Waals surface area contributed by atoms with Crippen LogP contribution in [0.5, 0.6) is 17.2 Å². The number of rotatable bonds is 9. The van der Waals surface area contributed by atoms with Gasteiger partial charge in [0.05, 0.1) is 27.4 Å². The molecule has 1 atom stereocenters. The van der Waals surface area contributed by atoms with Crippen molar-refractivity contribution >= 4 is 29.9 Å². The Kier molecular flexibility index (Phi) is 11.5. The van der Waals surface area contributed by atoms with Crippen molar-refractivity contribution in [3.63, 3.8) is 0 Å². The molecule has 2 aromatic rings. The lowest BCUT2D eigenvalue weighted by atomic mass is 10.0. The van der Waals surface area contributed by atoms with Gasteiger partial charge in [-0.15, -0.1) is 24.0 Å². The molecule has 8 heteroatoms. The van der Waals surface area contributed by atoms with Gasteiger partial charge in [0, 0.05) is 44.4 Å². The van der Waals surface area contributed by atoms with E-state index >= 15 is 0 Å². The van der Waals surface area contributed by atoms with E-state index in [1.807, 2.05) is 43.4 Å². The number of nitrogens with zero attached hydrogens (tertiary/aromatic N) is 3. The lowest BCUT2D eigenvalue weighted by molar-refractivity contribution is 0.285. The van der Waals surface area contributed by atoms with Gasteiger partial charge in [0.15, 0.2) is 5.96 Å². The van der Waals surface area contributed by atoms with Gasteiger partial charge in [0.1, 0.15) is 17.2 Å². The number of halogens is 1. The summed E-state index contributed by atoms with van der Waals surface area (Å²) in [5, 5.41) is 3.49. The average molecular weight is 542 g/mol. The molecule has 31 heavy (non-hydrogen) atoms. The van der Waals surface area contributed by atoms with Crippen molar-refractivity contribution < 1.29 is 14.2 Å². The Labute approximate surface area is 203 Å². The maximum atomic E-state index is 5.56. The Hall–Kier alpha value is -2.20. The predicted octanol–water partition coefficient (Wildman–Crippen LogP) is 3.64. The lowest BCUT2D eigenvalue weighted by Crippen LogP contribution is -2.42. The van der Waals surface area contributed by atoms with Crippen LogP contribution in [-0.2, 0) is 6.54 Å². The number of hydrogen-bond donors (Lipinski definition) is 1. The number of hydrogen-bond acceptors (Lipinski definition) is 5. The fourth-order valence-electron chi connectivity index (χ4n) is 3.40. The van der Waals surface area contributed by atoms with Crippen molar-refractivity contribution in [2.75, 3.05) is 56.1 Å². The molecule has 0 fully saturated rings. The van der Waals surface area contributed by atoms with E-state index in [9.17, 15) is 0 Å². The summed E-state index contributed by atoms with van der Waals surface area (Å²) in [6, 6.07) is 14.1. The van der Waals surface area contributed by atoms with Gasteiger partial charge in [-0.25, -0.2) is 0 Å². The van der Waals surface area contributed by atoms with Gasteiger partial charge < -0.3 is 29.3 Å². The highest BCUT2D eigenvalue weighted by Crippen LogP contribution is 2.28. The highest BCUT2D eigenvalue weighted by atomic mass is 127. The first-order valence-corrected chi connectivity index (χ1v) is 9.87. The van der Waals surface area contributed by atoms with E-state index < -0.39 is 0 Å². The van der Waals surface area contributed by atoms with Gasteiger partial charge >= 0.3 is 0 Å². The van der Waals surface area contributed by atoms with Crippen molar-refractivity contribution in [1.29, 1.82) is 0 Å². The maximum Gasteiger partial charge on any atom is 0.193 e. The highest BCUT2D eigenvalue weighted by molar-refractivity contribution is 14.0. The third-order valence-electron chi connectivity index (χ3n) is 5.05. The molecule has 0 bridgehead atoms. The first-order chi connectivity index (χ1) is 14.4. The zero-order chi connectivity index (χ0) is 22.1. The van der Waals surface area contributed by atoms with Crippen LogP contribution < -0.4 is 19.5 Å². The Balaban J connectivity index is 0.00000480. The van der Waals surface area contributed by atoms with Crippen molar-refractivity contribution in [3.05, 3.63) is 53.6 Å². The van der Waals surface area contributed by atoms with Crippen molar-refractivity contribution in [2.24, 2.45) is 4.99 Å². The average Bonchev–Trinajstić information content (AvgIpc) is 2.76. The molecule has 0 aliphatic rings. The topological polar surface area (TPSA) is 58.6 Å². The molecule has 0 saturated carbocycles. The second-order valence-electron chi connectivity index (χ2n) is 7.18. The monoisotopic (exact) mass is 542 g/mol. The van der Waals surface area contributed by atoms with Crippen LogP contribution in [0, 0.1) is 0 Å². The van der Waals surface area contributed by atoms with Crippen LogP contribution in [0.15, 0.2) is 47.5 Å². The number of likely N-dealkylation sites (N-methyl/N-ethyl adjacent to an activating group) is 1. The number of benzene rings is 2. The first kappa shape index (κ1) is 26.8.